The first-order valence-electron chi connectivity index (χ1n) is 5.90. The van der Waals surface area contributed by atoms with E-state index >= 15 is 0 Å². The SMILES string of the molecule is COc1ccccc1CC(=O)N(C)CC/C(N)=N/O. The molecule has 0 saturated heterocycles. The Morgan fingerprint density at radius 3 is 2.79 bits per heavy atom. The summed E-state index contributed by atoms with van der Waals surface area (Å²) in [4.78, 5) is 13.6. The molecule has 0 aliphatic heterocycles. The van der Waals surface area contributed by atoms with Crippen molar-refractivity contribution < 1.29 is 14.7 Å². The summed E-state index contributed by atoms with van der Waals surface area (Å²) in [5.41, 5.74) is 6.20. The standard InChI is InChI=1S/C13H19N3O3/c1-16(8-7-12(14)15-18)13(17)9-10-5-3-4-6-11(10)19-2/h3-6,18H,7-9H2,1-2H3,(H2,14,15). The highest BCUT2D eigenvalue weighted by atomic mass is 16.5. The molecule has 0 unspecified atom stereocenters. The first-order valence-corrected chi connectivity index (χ1v) is 5.90. The van der Waals surface area contributed by atoms with Gasteiger partial charge in [-0.2, -0.15) is 0 Å². The number of nitrogens with zero attached hydrogens (tertiary/aromatic N) is 2. The maximum atomic E-state index is 12.0. The van der Waals surface area contributed by atoms with Crippen molar-refractivity contribution in [3.63, 3.8) is 0 Å². The molecule has 6 heteroatoms. The second kappa shape index (κ2) is 7.25. The zero-order valence-corrected chi connectivity index (χ0v) is 11.2. The first kappa shape index (κ1) is 14.8. The van der Waals surface area contributed by atoms with Crippen LogP contribution in [0.1, 0.15) is 12.0 Å². The van der Waals surface area contributed by atoms with E-state index in [-0.39, 0.29) is 18.2 Å². The van der Waals surface area contributed by atoms with Crippen LogP contribution in [0.3, 0.4) is 0 Å². The molecule has 1 aromatic carbocycles. The first-order chi connectivity index (χ1) is 9.08. The molecule has 1 rings (SSSR count). The van der Waals surface area contributed by atoms with Crippen LogP contribution in [0.4, 0.5) is 0 Å². The van der Waals surface area contributed by atoms with Crippen molar-refractivity contribution in [1.82, 2.24) is 4.90 Å². The van der Waals surface area contributed by atoms with Gasteiger partial charge in [0, 0.05) is 25.6 Å². The third-order valence-corrected chi connectivity index (χ3v) is 2.79. The quantitative estimate of drug-likeness (QED) is 0.345. The zero-order valence-electron chi connectivity index (χ0n) is 11.2. The Morgan fingerprint density at radius 1 is 1.47 bits per heavy atom. The lowest BCUT2D eigenvalue weighted by Crippen LogP contribution is -2.31. The normalized spacial score (nSPS) is 11.2. The molecule has 6 nitrogen and oxygen atoms in total. The van der Waals surface area contributed by atoms with Crippen LogP contribution in [-0.2, 0) is 11.2 Å². The lowest BCUT2D eigenvalue weighted by molar-refractivity contribution is -0.129. The fraction of sp³-hybridized carbons (Fsp3) is 0.385. The van der Waals surface area contributed by atoms with Gasteiger partial charge in [0.05, 0.1) is 13.5 Å². The average Bonchev–Trinajstić information content (AvgIpc) is 2.44. The van der Waals surface area contributed by atoms with E-state index in [4.69, 9.17) is 15.7 Å². The second-order valence-corrected chi connectivity index (χ2v) is 4.15. The van der Waals surface area contributed by atoms with E-state index < -0.39 is 0 Å². The van der Waals surface area contributed by atoms with Gasteiger partial charge < -0.3 is 20.6 Å². The van der Waals surface area contributed by atoms with Crippen LogP contribution in [0.15, 0.2) is 29.4 Å². The van der Waals surface area contributed by atoms with E-state index in [1.165, 1.54) is 0 Å². The summed E-state index contributed by atoms with van der Waals surface area (Å²) in [6.07, 6.45) is 0.599. The van der Waals surface area contributed by atoms with Crippen molar-refractivity contribution in [2.45, 2.75) is 12.8 Å². The van der Waals surface area contributed by atoms with E-state index in [0.717, 1.165) is 5.56 Å². The molecular formula is C13H19N3O3. The van der Waals surface area contributed by atoms with Crippen molar-refractivity contribution in [3.8, 4) is 5.75 Å². The monoisotopic (exact) mass is 265 g/mol. The molecule has 1 amide bonds. The van der Waals surface area contributed by atoms with Crippen molar-refractivity contribution in [2.75, 3.05) is 20.7 Å². The number of carbonyl (C=O) groups excluding carboxylic acids is 1. The third kappa shape index (κ3) is 4.50. The number of likely N-dealkylation sites (N-methyl/N-ethyl adjacent to an activating group) is 1. The largest absolute Gasteiger partial charge is 0.496 e. The van der Waals surface area contributed by atoms with Gasteiger partial charge in [-0.3, -0.25) is 4.79 Å². The minimum absolute atomic E-state index is 0.0461. The predicted octanol–water partition coefficient (Wildman–Crippen LogP) is 0.833. The third-order valence-electron chi connectivity index (χ3n) is 2.79. The number of hydrogen-bond acceptors (Lipinski definition) is 4. The molecular weight excluding hydrogens is 246 g/mol. The molecule has 0 bridgehead atoms. The highest BCUT2D eigenvalue weighted by molar-refractivity contribution is 5.82. The minimum atomic E-state index is -0.0461. The zero-order chi connectivity index (χ0) is 14.3. The van der Waals surface area contributed by atoms with Crippen LogP contribution < -0.4 is 10.5 Å². The summed E-state index contributed by atoms with van der Waals surface area (Å²) in [7, 11) is 3.26. The molecule has 0 aliphatic carbocycles. The van der Waals surface area contributed by atoms with Crippen LogP contribution in [-0.4, -0.2) is 42.6 Å². The van der Waals surface area contributed by atoms with Gasteiger partial charge in [0.15, 0.2) is 0 Å². The lowest BCUT2D eigenvalue weighted by Gasteiger charge is -2.17. The van der Waals surface area contributed by atoms with Gasteiger partial charge in [-0.1, -0.05) is 23.4 Å². The Morgan fingerprint density at radius 2 is 2.16 bits per heavy atom. The number of para-hydroxylation sites is 1. The Labute approximate surface area is 112 Å². The van der Waals surface area contributed by atoms with Crippen LogP contribution in [0.2, 0.25) is 0 Å². The number of ether oxygens (including phenoxy) is 1. The summed E-state index contributed by atoms with van der Waals surface area (Å²) in [6.45, 7) is 0.407. The van der Waals surface area contributed by atoms with Gasteiger partial charge in [0.2, 0.25) is 5.91 Å². The predicted molar refractivity (Wildman–Crippen MR) is 72.4 cm³/mol. The maximum absolute atomic E-state index is 12.0. The molecule has 1 aromatic rings. The van der Waals surface area contributed by atoms with Gasteiger partial charge in [-0.05, 0) is 6.07 Å². The topological polar surface area (TPSA) is 88.2 Å². The molecule has 0 heterocycles. The fourth-order valence-corrected chi connectivity index (χ4v) is 1.60. The highest BCUT2D eigenvalue weighted by Gasteiger charge is 2.12. The summed E-state index contributed by atoms with van der Waals surface area (Å²) in [6, 6.07) is 7.39. The number of nitrogens with two attached hydrogens (primary N) is 1. The van der Waals surface area contributed by atoms with Crippen molar-refractivity contribution >= 4 is 11.7 Å². The summed E-state index contributed by atoms with van der Waals surface area (Å²) in [5, 5.41) is 11.3. The molecule has 0 saturated carbocycles. The average molecular weight is 265 g/mol. The van der Waals surface area contributed by atoms with E-state index in [1.54, 1.807) is 19.1 Å². The minimum Gasteiger partial charge on any atom is -0.496 e. The number of oxime groups is 1. The van der Waals surface area contributed by atoms with Gasteiger partial charge >= 0.3 is 0 Å². The van der Waals surface area contributed by atoms with Crippen molar-refractivity contribution in [1.29, 1.82) is 0 Å². The van der Waals surface area contributed by atoms with E-state index in [1.807, 2.05) is 24.3 Å². The fourth-order valence-electron chi connectivity index (χ4n) is 1.60. The van der Waals surface area contributed by atoms with Gasteiger partial charge in [0.1, 0.15) is 11.6 Å². The maximum Gasteiger partial charge on any atom is 0.226 e. The van der Waals surface area contributed by atoms with Crippen LogP contribution in [0, 0.1) is 0 Å². The molecule has 0 fully saturated rings. The molecule has 0 radical (unpaired) electrons. The molecule has 0 aromatic heterocycles. The Hall–Kier alpha value is -2.24. The molecule has 0 aliphatic rings. The smallest absolute Gasteiger partial charge is 0.226 e. The number of carbonyl (C=O) groups is 1. The van der Waals surface area contributed by atoms with Crippen LogP contribution in [0.25, 0.3) is 0 Å². The number of hydrogen-bond donors (Lipinski definition) is 2. The Bertz CT molecular complexity index is 460. The lowest BCUT2D eigenvalue weighted by atomic mass is 10.1. The Kier molecular flexibility index (Phi) is 5.66. The van der Waals surface area contributed by atoms with Crippen LogP contribution in [0.5, 0.6) is 5.75 Å². The van der Waals surface area contributed by atoms with Crippen LogP contribution >= 0.6 is 0 Å². The highest BCUT2D eigenvalue weighted by Crippen LogP contribution is 2.18. The summed E-state index contributed by atoms with van der Waals surface area (Å²) >= 11 is 0. The summed E-state index contributed by atoms with van der Waals surface area (Å²) in [5.74, 6) is 0.757. The van der Waals surface area contributed by atoms with Gasteiger partial charge in [-0.25, -0.2) is 0 Å². The molecule has 19 heavy (non-hydrogen) atoms. The molecule has 104 valence electrons. The van der Waals surface area contributed by atoms with Gasteiger partial charge in [-0.15, -0.1) is 0 Å². The van der Waals surface area contributed by atoms with Crippen molar-refractivity contribution in [3.05, 3.63) is 29.8 Å². The van der Waals surface area contributed by atoms with Gasteiger partial charge in [0.25, 0.3) is 0 Å². The second-order valence-electron chi connectivity index (χ2n) is 4.15. The van der Waals surface area contributed by atoms with E-state index in [2.05, 4.69) is 5.16 Å². The molecule has 0 atom stereocenters. The number of methoxy groups -OCH3 is 1. The van der Waals surface area contributed by atoms with Crippen molar-refractivity contribution in [2.24, 2.45) is 10.9 Å². The number of benzene rings is 1. The molecule has 3 N–H and O–H groups in total. The number of amides is 1. The number of amidine groups is 1. The molecule has 0 spiro atoms. The number of rotatable bonds is 6. The Balaban J connectivity index is 2.59. The summed E-state index contributed by atoms with van der Waals surface area (Å²) < 4.78 is 5.20. The van der Waals surface area contributed by atoms with E-state index in [0.29, 0.717) is 18.7 Å². The van der Waals surface area contributed by atoms with E-state index in [9.17, 15) is 4.79 Å².